The molecule has 28 heavy (non-hydrogen) atoms. The zero-order valence-corrected chi connectivity index (χ0v) is 17.5. The van der Waals surface area contributed by atoms with Gasteiger partial charge in [-0.15, -0.1) is 0 Å². The van der Waals surface area contributed by atoms with Gasteiger partial charge in [-0.1, -0.05) is 29.3 Å². The van der Waals surface area contributed by atoms with Crippen LogP contribution in [0.15, 0.2) is 42.5 Å². The molecule has 0 saturated carbocycles. The lowest BCUT2D eigenvalue weighted by Gasteiger charge is -2.19. The minimum absolute atomic E-state index is 0.0469. The van der Waals surface area contributed by atoms with E-state index < -0.39 is 0 Å². The standard InChI is InChI=1S/C21H24Cl2N2O3/c1-3-25(4-2)21(27)15-7-5-8-17(13-15)24-20(26)9-6-12-28-19-11-10-16(22)14-18(19)23/h5,7-8,10-11,13-14H,3-4,6,9,12H2,1-2H3,(H,24,26). The van der Waals surface area contributed by atoms with Crippen molar-refractivity contribution in [1.29, 1.82) is 0 Å². The van der Waals surface area contributed by atoms with E-state index in [4.69, 9.17) is 27.9 Å². The molecule has 2 amide bonds. The number of halogens is 2. The number of nitrogens with zero attached hydrogens (tertiary/aromatic N) is 1. The van der Waals surface area contributed by atoms with Crippen LogP contribution < -0.4 is 10.1 Å². The second-order valence-electron chi connectivity index (χ2n) is 6.13. The van der Waals surface area contributed by atoms with Crippen LogP contribution in [-0.2, 0) is 4.79 Å². The summed E-state index contributed by atoms with van der Waals surface area (Å²) in [7, 11) is 0. The number of nitrogens with one attached hydrogen (secondary N) is 1. The van der Waals surface area contributed by atoms with Crippen LogP contribution in [0.5, 0.6) is 5.75 Å². The number of rotatable bonds is 9. The first-order valence-electron chi connectivity index (χ1n) is 9.21. The van der Waals surface area contributed by atoms with Gasteiger partial charge in [0, 0.05) is 35.8 Å². The Bertz CT molecular complexity index is 823. The van der Waals surface area contributed by atoms with E-state index >= 15 is 0 Å². The first kappa shape index (κ1) is 22.1. The van der Waals surface area contributed by atoms with E-state index in [1.807, 2.05) is 13.8 Å². The molecule has 0 saturated heterocycles. The predicted molar refractivity (Wildman–Crippen MR) is 114 cm³/mol. The maximum Gasteiger partial charge on any atom is 0.253 e. The predicted octanol–water partition coefficient (Wildman–Crippen LogP) is 5.27. The third-order valence-corrected chi connectivity index (χ3v) is 4.67. The summed E-state index contributed by atoms with van der Waals surface area (Å²) >= 11 is 11.9. The molecule has 0 bridgehead atoms. The van der Waals surface area contributed by atoms with Crippen LogP contribution in [0, 0.1) is 0 Å². The Morgan fingerprint density at radius 2 is 1.82 bits per heavy atom. The number of benzene rings is 2. The smallest absolute Gasteiger partial charge is 0.253 e. The van der Waals surface area contributed by atoms with Crippen molar-refractivity contribution in [3.63, 3.8) is 0 Å². The highest BCUT2D eigenvalue weighted by Gasteiger charge is 2.13. The van der Waals surface area contributed by atoms with Gasteiger partial charge >= 0.3 is 0 Å². The van der Waals surface area contributed by atoms with Crippen molar-refractivity contribution in [2.24, 2.45) is 0 Å². The highest BCUT2D eigenvalue weighted by molar-refractivity contribution is 6.35. The fourth-order valence-electron chi connectivity index (χ4n) is 2.65. The van der Waals surface area contributed by atoms with E-state index in [2.05, 4.69) is 5.32 Å². The minimum Gasteiger partial charge on any atom is -0.492 e. The second-order valence-corrected chi connectivity index (χ2v) is 6.98. The van der Waals surface area contributed by atoms with Gasteiger partial charge in [-0.05, 0) is 56.7 Å². The van der Waals surface area contributed by atoms with E-state index in [9.17, 15) is 9.59 Å². The van der Waals surface area contributed by atoms with Gasteiger partial charge in [-0.3, -0.25) is 9.59 Å². The van der Waals surface area contributed by atoms with Crippen molar-refractivity contribution in [1.82, 2.24) is 4.90 Å². The van der Waals surface area contributed by atoms with Crippen LogP contribution in [0.3, 0.4) is 0 Å². The Morgan fingerprint density at radius 3 is 2.50 bits per heavy atom. The third-order valence-electron chi connectivity index (χ3n) is 4.14. The molecule has 0 aromatic heterocycles. The molecule has 0 unspecified atom stereocenters. The average Bonchev–Trinajstić information content (AvgIpc) is 2.67. The molecule has 0 fully saturated rings. The summed E-state index contributed by atoms with van der Waals surface area (Å²) in [5, 5.41) is 3.80. The van der Waals surface area contributed by atoms with Gasteiger partial charge in [0.05, 0.1) is 11.6 Å². The highest BCUT2D eigenvalue weighted by Crippen LogP contribution is 2.27. The van der Waals surface area contributed by atoms with Gasteiger partial charge in [0.1, 0.15) is 5.75 Å². The van der Waals surface area contributed by atoms with E-state index in [0.29, 0.717) is 59.6 Å². The summed E-state index contributed by atoms with van der Waals surface area (Å²) in [6.45, 7) is 5.51. The maximum atomic E-state index is 12.4. The number of carbonyl (C=O) groups is 2. The average molecular weight is 423 g/mol. The summed E-state index contributed by atoms with van der Waals surface area (Å²) in [6.07, 6.45) is 0.822. The van der Waals surface area contributed by atoms with Gasteiger partial charge in [-0.2, -0.15) is 0 Å². The molecule has 7 heteroatoms. The van der Waals surface area contributed by atoms with Crippen LogP contribution in [0.1, 0.15) is 37.0 Å². The molecule has 150 valence electrons. The molecule has 5 nitrogen and oxygen atoms in total. The number of hydrogen-bond donors (Lipinski definition) is 1. The quantitative estimate of drug-likeness (QED) is 0.559. The lowest BCUT2D eigenvalue weighted by Crippen LogP contribution is -2.30. The van der Waals surface area contributed by atoms with E-state index in [1.54, 1.807) is 47.4 Å². The number of anilines is 1. The highest BCUT2D eigenvalue weighted by atomic mass is 35.5. The van der Waals surface area contributed by atoms with Crippen molar-refractivity contribution in [2.45, 2.75) is 26.7 Å². The van der Waals surface area contributed by atoms with Crippen LogP contribution in [0.25, 0.3) is 0 Å². The summed E-state index contributed by atoms with van der Waals surface area (Å²) in [5.74, 6) is 0.349. The summed E-state index contributed by atoms with van der Waals surface area (Å²) in [4.78, 5) is 26.3. The molecule has 0 aliphatic carbocycles. The maximum absolute atomic E-state index is 12.4. The second kappa shape index (κ2) is 10.9. The number of amides is 2. The normalized spacial score (nSPS) is 10.4. The van der Waals surface area contributed by atoms with Crippen molar-refractivity contribution in [3.05, 3.63) is 58.1 Å². The summed E-state index contributed by atoms with van der Waals surface area (Å²) in [5.41, 5.74) is 1.16. The topological polar surface area (TPSA) is 58.6 Å². The molecule has 0 spiro atoms. The molecule has 0 radical (unpaired) electrons. The van der Waals surface area contributed by atoms with Gasteiger partial charge in [0.2, 0.25) is 5.91 Å². The van der Waals surface area contributed by atoms with Crippen molar-refractivity contribution < 1.29 is 14.3 Å². The SMILES string of the molecule is CCN(CC)C(=O)c1cccc(NC(=O)CCCOc2ccc(Cl)cc2Cl)c1. The molecule has 2 rings (SSSR count). The van der Waals surface area contributed by atoms with Gasteiger partial charge in [-0.25, -0.2) is 0 Å². The molecule has 0 atom stereocenters. The first-order valence-corrected chi connectivity index (χ1v) is 9.97. The molecule has 0 heterocycles. The van der Waals surface area contributed by atoms with Crippen LogP contribution in [0.4, 0.5) is 5.69 Å². The van der Waals surface area contributed by atoms with Gasteiger partial charge < -0.3 is 15.0 Å². The molecular weight excluding hydrogens is 399 g/mol. The first-order chi connectivity index (χ1) is 13.4. The summed E-state index contributed by atoms with van der Waals surface area (Å²) < 4.78 is 5.57. The lowest BCUT2D eigenvalue weighted by atomic mass is 10.1. The lowest BCUT2D eigenvalue weighted by molar-refractivity contribution is -0.116. The van der Waals surface area contributed by atoms with E-state index in [1.165, 1.54) is 0 Å². The Morgan fingerprint density at radius 1 is 1.07 bits per heavy atom. The fourth-order valence-corrected chi connectivity index (χ4v) is 3.12. The Hall–Kier alpha value is -2.24. The zero-order valence-electron chi connectivity index (χ0n) is 16.0. The Labute approximate surface area is 175 Å². The molecular formula is C21H24Cl2N2O3. The molecule has 1 N–H and O–H groups in total. The molecule has 2 aromatic rings. The van der Waals surface area contributed by atoms with Crippen molar-refractivity contribution in [2.75, 3.05) is 25.0 Å². The Balaban J connectivity index is 1.83. The number of carbonyl (C=O) groups excluding carboxylic acids is 2. The number of hydrogen-bond acceptors (Lipinski definition) is 3. The van der Waals surface area contributed by atoms with Crippen molar-refractivity contribution in [3.8, 4) is 5.75 Å². The Kier molecular flexibility index (Phi) is 8.61. The van der Waals surface area contributed by atoms with Crippen LogP contribution in [-0.4, -0.2) is 36.4 Å². The minimum atomic E-state index is -0.141. The molecule has 2 aromatic carbocycles. The fraction of sp³-hybridized carbons (Fsp3) is 0.333. The third kappa shape index (κ3) is 6.43. The molecule has 0 aliphatic heterocycles. The monoisotopic (exact) mass is 422 g/mol. The number of ether oxygens (including phenoxy) is 1. The van der Waals surface area contributed by atoms with Crippen LogP contribution >= 0.6 is 23.2 Å². The van der Waals surface area contributed by atoms with E-state index in [-0.39, 0.29) is 11.8 Å². The largest absolute Gasteiger partial charge is 0.492 e. The zero-order chi connectivity index (χ0) is 20.5. The van der Waals surface area contributed by atoms with Gasteiger partial charge in [0.25, 0.3) is 5.91 Å². The van der Waals surface area contributed by atoms with Gasteiger partial charge in [0.15, 0.2) is 0 Å². The molecule has 0 aliphatic rings. The van der Waals surface area contributed by atoms with E-state index in [0.717, 1.165) is 0 Å². The van der Waals surface area contributed by atoms with Crippen LogP contribution in [0.2, 0.25) is 10.0 Å². The summed E-state index contributed by atoms with van der Waals surface area (Å²) in [6, 6.07) is 12.0. The van der Waals surface area contributed by atoms with Crippen molar-refractivity contribution >= 4 is 40.7 Å².